The van der Waals surface area contributed by atoms with Crippen molar-refractivity contribution in [3.63, 3.8) is 0 Å². The average molecular weight is 428 g/mol. The molecule has 1 aliphatic rings. The molecule has 3 N–H and O–H groups in total. The Balaban J connectivity index is 1.63. The summed E-state index contributed by atoms with van der Waals surface area (Å²) in [5.74, 6) is 0.559. The molecule has 6 nitrogen and oxygen atoms in total. The molecule has 0 unspecified atom stereocenters. The predicted octanol–water partition coefficient (Wildman–Crippen LogP) is 5.28. The van der Waals surface area contributed by atoms with E-state index in [0.29, 0.717) is 23.9 Å². The molecule has 0 aliphatic carbocycles. The van der Waals surface area contributed by atoms with Crippen LogP contribution in [0.4, 0.5) is 16.2 Å². The molecule has 0 radical (unpaired) electrons. The number of anilines is 2. The number of halogens is 1. The lowest BCUT2D eigenvalue weighted by atomic mass is 10.1. The summed E-state index contributed by atoms with van der Waals surface area (Å²) in [4.78, 5) is 21.7. The third kappa shape index (κ3) is 8.15. The average Bonchev–Trinajstić information content (AvgIpc) is 2.78. The summed E-state index contributed by atoms with van der Waals surface area (Å²) < 4.78 is 13.1. The van der Waals surface area contributed by atoms with Crippen LogP contribution in [0.1, 0.15) is 80.1 Å². The number of nitrogens with one attached hydrogen (secondary N) is 3. The van der Waals surface area contributed by atoms with Crippen LogP contribution in [0.15, 0.2) is 30.5 Å². The first-order valence-electron chi connectivity index (χ1n) is 11.6. The predicted molar refractivity (Wildman–Crippen MR) is 123 cm³/mol. The van der Waals surface area contributed by atoms with Crippen molar-refractivity contribution in [3.8, 4) is 0 Å². The smallest absolute Gasteiger partial charge is 0.256 e. The molecular formula is C24H34FN5O. The van der Waals surface area contributed by atoms with Crippen LogP contribution in [-0.4, -0.2) is 29.0 Å². The first kappa shape index (κ1) is 23.0. The Morgan fingerprint density at radius 1 is 0.871 bits per heavy atom. The van der Waals surface area contributed by atoms with Gasteiger partial charge in [0.25, 0.3) is 5.91 Å². The molecule has 1 amide bonds. The van der Waals surface area contributed by atoms with Crippen molar-refractivity contribution in [2.45, 2.75) is 70.8 Å². The Morgan fingerprint density at radius 3 is 2.10 bits per heavy atom. The van der Waals surface area contributed by atoms with Gasteiger partial charge in [-0.1, -0.05) is 63.5 Å². The Hall–Kier alpha value is -2.70. The van der Waals surface area contributed by atoms with E-state index < -0.39 is 0 Å². The Morgan fingerprint density at radius 2 is 1.45 bits per heavy atom. The van der Waals surface area contributed by atoms with Crippen molar-refractivity contribution >= 4 is 17.7 Å². The fraction of sp³-hybridized carbons (Fsp3) is 0.542. The first-order valence-corrected chi connectivity index (χ1v) is 11.6. The van der Waals surface area contributed by atoms with Gasteiger partial charge in [0, 0.05) is 25.8 Å². The van der Waals surface area contributed by atoms with Crippen molar-refractivity contribution in [2.75, 3.05) is 23.7 Å². The van der Waals surface area contributed by atoms with Crippen LogP contribution in [0.3, 0.4) is 0 Å². The van der Waals surface area contributed by atoms with Gasteiger partial charge in [0.1, 0.15) is 17.2 Å². The molecule has 0 saturated carbocycles. The number of nitrogens with zero attached hydrogens (tertiary/aromatic N) is 2. The van der Waals surface area contributed by atoms with Gasteiger partial charge in [-0.2, -0.15) is 4.98 Å². The summed E-state index contributed by atoms with van der Waals surface area (Å²) in [7, 11) is 0. The second-order valence-corrected chi connectivity index (χ2v) is 8.15. The lowest BCUT2D eigenvalue weighted by molar-refractivity contribution is 0.0951. The molecular weight excluding hydrogens is 393 g/mol. The van der Waals surface area contributed by atoms with E-state index in [-0.39, 0.29) is 11.7 Å². The molecule has 1 aromatic carbocycles. The van der Waals surface area contributed by atoms with Crippen molar-refractivity contribution in [2.24, 2.45) is 0 Å². The molecule has 2 bridgehead atoms. The largest absolute Gasteiger partial charge is 0.369 e. The van der Waals surface area contributed by atoms with Gasteiger partial charge >= 0.3 is 0 Å². The topological polar surface area (TPSA) is 78.9 Å². The first-order chi connectivity index (χ1) is 15.2. The SMILES string of the molecule is O=C(NCc1ccc(F)cc1)c1cnc2nc1NCCCCCCCCCCCCN2. The van der Waals surface area contributed by atoms with Crippen LogP contribution in [0.25, 0.3) is 0 Å². The molecule has 0 atom stereocenters. The zero-order valence-corrected chi connectivity index (χ0v) is 18.3. The van der Waals surface area contributed by atoms with E-state index in [0.717, 1.165) is 31.5 Å². The van der Waals surface area contributed by atoms with E-state index in [1.54, 1.807) is 18.3 Å². The van der Waals surface area contributed by atoms with Crippen molar-refractivity contribution in [1.82, 2.24) is 15.3 Å². The minimum Gasteiger partial charge on any atom is -0.369 e. The number of hydrogen-bond donors (Lipinski definition) is 3. The highest BCUT2D eigenvalue weighted by Crippen LogP contribution is 2.16. The zero-order valence-electron chi connectivity index (χ0n) is 18.3. The van der Waals surface area contributed by atoms with Crippen molar-refractivity contribution in [3.05, 3.63) is 47.4 Å². The summed E-state index contributed by atoms with van der Waals surface area (Å²) in [6.07, 6.45) is 13.9. The van der Waals surface area contributed by atoms with E-state index in [1.807, 2.05) is 0 Å². The lowest BCUT2D eigenvalue weighted by Crippen LogP contribution is -2.25. The third-order valence-electron chi connectivity index (χ3n) is 5.58. The Bertz CT molecular complexity index is 812. The van der Waals surface area contributed by atoms with E-state index >= 15 is 0 Å². The molecule has 1 aliphatic heterocycles. The van der Waals surface area contributed by atoms with E-state index in [2.05, 4.69) is 25.9 Å². The maximum atomic E-state index is 13.1. The van der Waals surface area contributed by atoms with Crippen molar-refractivity contribution in [1.29, 1.82) is 0 Å². The third-order valence-corrected chi connectivity index (χ3v) is 5.58. The maximum Gasteiger partial charge on any atom is 0.256 e. The van der Waals surface area contributed by atoms with E-state index in [1.165, 1.54) is 63.5 Å². The number of amides is 1. The van der Waals surface area contributed by atoms with Gasteiger partial charge in [-0.15, -0.1) is 0 Å². The van der Waals surface area contributed by atoms with Crippen LogP contribution < -0.4 is 16.0 Å². The van der Waals surface area contributed by atoms with Gasteiger partial charge in [0.05, 0.1) is 0 Å². The second-order valence-electron chi connectivity index (χ2n) is 8.15. The number of fused-ring (bicyclic) bond motifs is 2. The summed E-state index contributed by atoms with van der Waals surface area (Å²) >= 11 is 0. The van der Waals surface area contributed by atoms with E-state index in [4.69, 9.17) is 0 Å². The molecule has 7 heteroatoms. The minimum absolute atomic E-state index is 0.246. The van der Waals surface area contributed by atoms with E-state index in [9.17, 15) is 9.18 Å². The highest BCUT2D eigenvalue weighted by Gasteiger charge is 2.15. The Labute approximate surface area is 184 Å². The number of benzene rings is 1. The summed E-state index contributed by atoms with van der Waals surface area (Å²) in [5, 5.41) is 9.49. The number of carbonyl (C=O) groups excluding carboxylic acids is 1. The summed E-state index contributed by atoms with van der Waals surface area (Å²) in [6, 6.07) is 6.10. The number of hydrogen-bond acceptors (Lipinski definition) is 5. The van der Waals surface area contributed by atoms with Crippen LogP contribution in [-0.2, 0) is 6.54 Å². The van der Waals surface area contributed by atoms with Crippen LogP contribution in [0.5, 0.6) is 0 Å². The number of rotatable bonds is 3. The van der Waals surface area contributed by atoms with Crippen LogP contribution >= 0.6 is 0 Å². The molecule has 0 spiro atoms. The van der Waals surface area contributed by atoms with Crippen LogP contribution in [0.2, 0.25) is 0 Å². The molecule has 0 saturated heterocycles. The van der Waals surface area contributed by atoms with Crippen LogP contribution in [0, 0.1) is 5.82 Å². The van der Waals surface area contributed by atoms with Gasteiger partial charge in [-0.25, -0.2) is 9.37 Å². The highest BCUT2D eigenvalue weighted by atomic mass is 19.1. The van der Waals surface area contributed by atoms with Gasteiger partial charge in [-0.05, 0) is 30.5 Å². The quantitative estimate of drug-likeness (QED) is 0.621. The zero-order chi connectivity index (χ0) is 21.7. The number of carbonyl (C=O) groups is 1. The summed E-state index contributed by atoms with van der Waals surface area (Å²) in [6.45, 7) is 1.92. The second kappa shape index (κ2) is 12.9. The monoisotopic (exact) mass is 427 g/mol. The minimum atomic E-state index is -0.292. The molecule has 168 valence electrons. The number of aromatic nitrogens is 2. The molecule has 3 rings (SSSR count). The highest BCUT2D eigenvalue weighted by molar-refractivity contribution is 5.98. The lowest BCUT2D eigenvalue weighted by Gasteiger charge is -2.13. The molecule has 1 aromatic heterocycles. The molecule has 31 heavy (non-hydrogen) atoms. The van der Waals surface area contributed by atoms with Crippen molar-refractivity contribution < 1.29 is 9.18 Å². The fourth-order valence-corrected chi connectivity index (χ4v) is 3.72. The fourth-order valence-electron chi connectivity index (χ4n) is 3.72. The summed E-state index contributed by atoms with van der Waals surface area (Å²) in [5.41, 5.74) is 1.26. The van der Waals surface area contributed by atoms with Gasteiger partial charge in [0.15, 0.2) is 0 Å². The van der Waals surface area contributed by atoms with Gasteiger partial charge in [-0.3, -0.25) is 4.79 Å². The molecule has 2 aromatic rings. The Kier molecular flexibility index (Phi) is 9.54. The van der Waals surface area contributed by atoms with Gasteiger partial charge in [0.2, 0.25) is 5.95 Å². The maximum absolute atomic E-state index is 13.1. The molecule has 0 fully saturated rings. The molecule has 2 heterocycles. The van der Waals surface area contributed by atoms with Gasteiger partial charge < -0.3 is 16.0 Å². The standard InChI is InChI=1S/C24H34FN5O/c25-20-13-11-19(12-14-20)17-28-23(31)21-18-29-24-27-16-10-8-6-4-2-1-3-5-7-9-15-26-22(21)30-24/h11-14,18H,1-10,15-17H2,(H,28,31)(H2,26,27,29,30). The normalized spacial score (nSPS) is 16.4.